The number of hydrogen-bond acceptors (Lipinski definition) is 4. The summed E-state index contributed by atoms with van der Waals surface area (Å²) in [7, 11) is 0. The summed E-state index contributed by atoms with van der Waals surface area (Å²) in [5.74, 6) is -0.344. The van der Waals surface area contributed by atoms with Gasteiger partial charge in [0.05, 0.1) is 6.54 Å². The summed E-state index contributed by atoms with van der Waals surface area (Å²) < 4.78 is 0. The number of hydrogen-bond donors (Lipinski definition) is 3. The fourth-order valence-electron chi connectivity index (χ4n) is 4.76. The zero-order valence-electron chi connectivity index (χ0n) is 21.4. The topological polar surface area (TPSA) is 91.3 Å². The second-order valence-corrected chi connectivity index (χ2v) is 9.35. The normalized spacial score (nSPS) is 10.9. The summed E-state index contributed by atoms with van der Waals surface area (Å²) in [6.07, 6.45) is 2.37. The highest BCUT2D eigenvalue weighted by Gasteiger charge is 2.15. The van der Waals surface area contributed by atoms with Crippen LogP contribution in [-0.2, 0) is 4.79 Å². The molecule has 4 aromatic carbocycles. The first kappa shape index (κ1) is 25.7. The number of carbonyl (C=O) groups excluding carboxylic acids is 2. The van der Waals surface area contributed by atoms with Gasteiger partial charge < -0.3 is 15.7 Å². The van der Waals surface area contributed by atoms with Crippen molar-refractivity contribution in [3.05, 3.63) is 132 Å². The molecule has 0 saturated heterocycles. The molecule has 39 heavy (non-hydrogen) atoms. The van der Waals surface area contributed by atoms with Crippen LogP contribution in [0.4, 0.5) is 0 Å². The van der Waals surface area contributed by atoms with Gasteiger partial charge in [-0.2, -0.15) is 0 Å². The molecular formula is C33H29N3O3. The van der Waals surface area contributed by atoms with Crippen molar-refractivity contribution < 1.29 is 14.7 Å². The third kappa shape index (κ3) is 6.30. The highest BCUT2D eigenvalue weighted by atomic mass is 16.3. The van der Waals surface area contributed by atoms with E-state index in [2.05, 4.69) is 39.9 Å². The number of carbonyl (C=O) groups is 2. The van der Waals surface area contributed by atoms with Gasteiger partial charge in [-0.05, 0) is 59.0 Å². The maximum atomic E-state index is 12.8. The molecule has 194 valence electrons. The largest absolute Gasteiger partial charge is 0.506 e. The van der Waals surface area contributed by atoms with Crippen LogP contribution in [0.1, 0.15) is 33.8 Å². The Bertz CT molecular complexity index is 1550. The van der Waals surface area contributed by atoms with Crippen molar-refractivity contribution in [2.45, 2.75) is 12.3 Å². The smallest absolute Gasteiger partial charge is 0.251 e. The second-order valence-electron chi connectivity index (χ2n) is 9.35. The first-order valence-electron chi connectivity index (χ1n) is 12.9. The zero-order chi connectivity index (χ0) is 27.0. The summed E-state index contributed by atoms with van der Waals surface area (Å²) >= 11 is 0. The van der Waals surface area contributed by atoms with E-state index in [9.17, 15) is 14.7 Å². The lowest BCUT2D eigenvalue weighted by Gasteiger charge is -2.18. The van der Waals surface area contributed by atoms with E-state index in [1.165, 1.54) is 11.1 Å². The minimum Gasteiger partial charge on any atom is -0.506 e. The molecule has 0 atom stereocenters. The van der Waals surface area contributed by atoms with Gasteiger partial charge in [-0.3, -0.25) is 14.6 Å². The zero-order valence-corrected chi connectivity index (χ0v) is 21.4. The molecule has 0 bridgehead atoms. The van der Waals surface area contributed by atoms with Gasteiger partial charge in [0, 0.05) is 29.6 Å². The van der Waals surface area contributed by atoms with E-state index < -0.39 is 0 Å². The van der Waals surface area contributed by atoms with Crippen LogP contribution in [0.5, 0.6) is 5.75 Å². The van der Waals surface area contributed by atoms with E-state index in [0.717, 1.165) is 22.9 Å². The van der Waals surface area contributed by atoms with Crippen LogP contribution >= 0.6 is 0 Å². The SMILES string of the molecule is O=C(CNC(=O)c1cccc(-c2cc(O)c3ncccc3c2)c1)NCCC(c1ccccc1)c1ccccc1. The molecule has 0 saturated carbocycles. The van der Waals surface area contributed by atoms with Crippen molar-refractivity contribution in [1.82, 2.24) is 15.6 Å². The van der Waals surface area contributed by atoms with Crippen molar-refractivity contribution >= 4 is 22.7 Å². The Morgan fingerprint density at radius 3 is 2.18 bits per heavy atom. The molecule has 6 heteroatoms. The Labute approximate surface area is 227 Å². The molecule has 0 aliphatic heterocycles. The first-order chi connectivity index (χ1) is 19.1. The van der Waals surface area contributed by atoms with Gasteiger partial charge in [0.15, 0.2) is 0 Å². The fourth-order valence-corrected chi connectivity index (χ4v) is 4.76. The average Bonchev–Trinajstić information content (AvgIpc) is 2.99. The molecule has 5 aromatic rings. The lowest BCUT2D eigenvalue weighted by molar-refractivity contribution is -0.120. The van der Waals surface area contributed by atoms with Crippen molar-refractivity contribution in [3.63, 3.8) is 0 Å². The molecule has 2 amide bonds. The summed E-state index contributed by atoms with van der Waals surface area (Å²) in [6, 6.07) is 34.8. The fraction of sp³-hybridized carbons (Fsp3) is 0.121. The highest BCUT2D eigenvalue weighted by molar-refractivity contribution is 5.98. The number of phenols is 1. The Morgan fingerprint density at radius 2 is 1.46 bits per heavy atom. The van der Waals surface area contributed by atoms with Gasteiger partial charge in [-0.1, -0.05) is 78.9 Å². The number of benzene rings is 4. The van der Waals surface area contributed by atoms with E-state index in [1.54, 1.807) is 30.5 Å². The third-order valence-electron chi connectivity index (χ3n) is 6.71. The number of rotatable bonds is 9. The van der Waals surface area contributed by atoms with E-state index in [0.29, 0.717) is 17.6 Å². The van der Waals surface area contributed by atoms with Crippen molar-refractivity contribution in [2.24, 2.45) is 0 Å². The van der Waals surface area contributed by atoms with Crippen LogP contribution in [0.2, 0.25) is 0 Å². The molecule has 0 fully saturated rings. The summed E-state index contributed by atoms with van der Waals surface area (Å²) in [5.41, 5.74) is 4.90. The van der Waals surface area contributed by atoms with Crippen LogP contribution in [0.25, 0.3) is 22.0 Å². The van der Waals surface area contributed by atoms with Crippen LogP contribution in [0.15, 0.2) is 115 Å². The second kappa shape index (κ2) is 12.0. The third-order valence-corrected chi connectivity index (χ3v) is 6.71. The Balaban J connectivity index is 1.18. The monoisotopic (exact) mass is 515 g/mol. The summed E-state index contributed by atoms with van der Waals surface area (Å²) in [4.78, 5) is 29.5. The van der Waals surface area contributed by atoms with Crippen LogP contribution in [0, 0.1) is 0 Å². The number of nitrogens with zero attached hydrogens (tertiary/aromatic N) is 1. The minimum absolute atomic E-state index is 0.0800. The first-order valence-corrected chi connectivity index (χ1v) is 12.9. The number of pyridine rings is 1. The predicted molar refractivity (Wildman–Crippen MR) is 154 cm³/mol. The molecular weight excluding hydrogens is 486 g/mol. The quantitative estimate of drug-likeness (QED) is 0.236. The van der Waals surface area contributed by atoms with Crippen molar-refractivity contribution in [3.8, 4) is 16.9 Å². The van der Waals surface area contributed by atoms with Gasteiger partial charge in [0.25, 0.3) is 5.91 Å². The lowest BCUT2D eigenvalue weighted by atomic mass is 9.88. The van der Waals surface area contributed by atoms with Gasteiger partial charge >= 0.3 is 0 Å². The molecule has 3 N–H and O–H groups in total. The summed E-state index contributed by atoms with van der Waals surface area (Å²) in [6.45, 7) is 0.367. The van der Waals surface area contributed by atoms with Gasteiger partial charge in [-0.25, -0.2) is 0 Å². The van der Waals surface area contributed by atoms with E-state index >= 15 is 0 Å². The summed E-state index contributed by atoms with van der Waals surface area (Å²) in [5, 5.41) is 16.8. The molecule has 0 spiro atoms. The molecule has 1 aromatic heterocycles. The van der Waals surface area contributed by atoms with Gasteiger partial charge in [-0.15, -0.1) is 0 Å². The average molecular weight is 516 g/mol. The van der Waals surface area contributed by atoms with Crippen LogP contribution < -0.4 is 10.6 Å². The predicted octanol–water partition coefficient (Wildman–Crippen LogP) is 5.68. The maximum Gasteiger partial charge on any atom is 0.251 e. The molecule has 0 radical (unpaired) electrons. The van der Waals surface area contributed by atoms with Crippen molar-refractivity contribution in [1.29, 1.82) is 0 Å². The van der Waals surface area contributed by atoms with Gasteiger partial charge in [0.2, 0.25) is 5.91 Å². The molecule has 0 unspecified atom stereocenters. The number of phenolic OH excluding ortho intramolecular Hbond substituents is 1. The van der Waals surface area contributed by atoms with E-state index in [-0.39, 0.29) is 30.0 Å². The Hall–Kier alpha value is -4.97. The lowest BCUT2D eigenvalue weighted by Crippen LogP contribution is -2.37. The van der Waals surface area contributed by atoms with E-state index in [1.807, 2.05) is 60.7 Å². The number of amides is 2. The number of aromatic nitrogens is 1. The minimum atomic E-state index is -0.342. The molecule has 6 nitrogen and oxygen atoms in total. The number of nitrogens with one attached hydrogen (secondary N) is 2. The number of aromatic hydroxyl groups is 1. The Kier molecular flexibility index (Phi) is 7.93. The van der Waals surface area contributed by atoms with Crippen LogP contribution in [-0.4, -0.2) is 35.0 Å². The Morgan fingerprint density at radius 1 is 0.744 bits per heavy atom. The van der Waals surface area contributed by atoms with Gasteiger partial charge in [0.1, 0.15) is 11.3 Å². The van der Waals surface area contributed by atoms with Crippen LogP contribution in [0.3, 0.4) is 0 Å². The van der Waals surface area contributed by atoms with E-state index in [4.69, 9.17) is 0 Å². The van der Waals surface area contributed by atoms with Crippen molar-refractivity contribution in [2.75, 3.05) is 13.1 Å². The standard InChI is InChI=1S/C33H29N3O3/c37-30-21-28(20-26-15-8-17-35-32(26)30)25-13-7-14-27(19-25)33(39)36-22-31(38)34-18-16-29(23-9-3-1-4-10-23)24-11-5-2-6-12-24/h1-15,17,19-21,29,37H,16,18,22H2,(H,34,38)(H,36,39). The highest BCUT2D eigenvalue weighted by Crippen LogP contribution is 2.31. The molecule has 0 aliphatic rings. The number of fused-ring (bicyclic) bond motifs is 1. The maximum absolute atomic E-state index is 12.8. The molecule has 5 rings (SSSR count). The molecule has 0 aliphatic carbocycles. The molecule has 1 heterocycles.